The molecule has 0 radical (unpaired) electrons. The molecular formula is C26H23ClN4O5S. The molecule has 190 valence electrons. The Morgan fingerprint density at radius 2 is 2.00 bits per heavy atom. The number of hydrogen-bond donors (Lipinski definition) is 2. The highest BCUT2D eigenvalue weighted by Crippen LogP contribution is 2.36. The highest BCUT2D eigenvalue weighted by Gasteiger charge is 2.38. The molecule has 0 atom stereocenters. The number of halogens is 1. The van der Waals surface area contributed by atoms with E-state index in [0.29, 0.717) is 44.6 Å². The highest BCUT2D eigenvalue weighted by atomic mass is 35.5. The first-order chi connectivity index (χ1) is 17.6. The SMILES string of the molecule is C=[N+]([O-])c1ccc(Cl)c(Cn2c(C(=O)NS(=O)(=O)C3CC3)c(-c3ccc[nH]c3=O)c3cc(C)ccc32)c1. The number of nitrogens with zero attached hydrogens (tertiary/aromatic N) is 2. The Balaban J connectivity index is 1.80. The van der Waals surface area contributed by atoms with E-state index in [1.54, 1.807) is 34.9 Å². The molecule has 0 unspecified atom stereocenters. The van der Waals surface area contributed by atoms with Crippen LogP contribution in [0.1, 0.15) is 34.5 Å². The zero-order chi connectivity index (χ0) is 26.5. The maximum Gasteiger partial charge on any atom is 0.282 e. The largest absolute Gasteiger partial charge is 0.619 e. The number of carbonyl (C=O) groups excluding carboxylic acids is 1. The molecule has 1 aliphatic rings. The van der Waals surface area contributed by atoms with E-state index >= 15 is 0 Å². The number of aryl methyl sites for hydroxylation is 1. The maximum absolute atomic E-state index is 13.7. The van der Waals surface area contributed by atoms with Crippen molar-refractivity contribution < 1.29 is 18.0 Å². The molecule has 2 heterocycles. The van der Waals surface area contributed by atoms with Crippen LogP contribution in [0, 0.1) is 12.1 Å². The average Bonchev–Trinajstić information content (AvgIpc) is 3.65. The number of H-pyrrole nitrogens is 1. The lowest BCUT2D eigenvalue weighted by Gasteiger charge is -2.14. The van der Waals surface area contributed by atoms with Gasteiger partial charge in [-0.25, -0.2) is 13.1 Å². The van der Waals surface area contributed by atoms with E-state index in [2.05, 4.69) is 16.4 Å². The van der Waals surface area contributed by atoms with E-state index in [-0.39, 0.29) is 23.5 Å². The maximum atomic E-state index is 13.7. The molecule has 1 fully saturated rings. The zero-order valence-electron chi connectivity index (χ0n) is 19.8. The Bertz CT molecular complexity index is 1750. The number of pyridine rings is 1. The van der Waals surface area contributed by atoms with E-state index in [9.17, 15) is 23.2 Å². The van der Waals surface area contributed by atoms with Crippen molar-refractivity contribution >= 4 is 50.8 Å². The fourth-order valence-electron chi connectivity index (χ4n) is 4.41. The van der Waals surface area contributed by atoms with Gasteiger partial charge >= 0.3 is 0 Å². The molecule has 11 heteroatoms. The predicted octanol–water partition coefficient (Wildman–Crippen LogP) is 4.07. The Morgan fingerprint density at radius 3 is 2.68 bits per heavy atom. The smallest absolute Gasteiger partial charge is 0.282 e. The van der Waals surface area contributed by atoms with Gasteiger partial charge < -0.3 is 14.8 Å². The van der Waals surface area contributed by atoms with E-state index in [1.807, 2.05) is 19.1 Å². The van der Waals surface area contributed by atoms with E-state index in [1.165, 1.54) is 12.3 Å². The molecule has 1 aliphatic carbocycles. The van der Waals surface area contributed by atoms with Gasteiger partial charge in [-0.1, -0.05) is 23.2 Å². The third-order valence-corrected chi connectivity index (χ3v) is 8.55. The van der Waals surface area contributed by atoms with Gasteiger partial charge in [0.25, 0.3) is 11.5 Å². The summed E-state index contributed by atoms with van der Waals surface area (Å²) < 4.78 is 29.7. The van der Waals surface area contributed by atoms with Crippen molar-refractivity contribution in [2.45, 2.75) is 31.6 Å². The normalized spacial score (nSPS) is 13.6. The quantitative estimate of drug-likeness (QED) is 0.159. The van der Waals surface area contributed by atoms with Crippen LogP contribution in [0.25, 0.3) is 22.0 Å². The van der Waals surface area contributed by atoms with Crippen LogP contribution in [0.2, 0.25) is 5.02 Å². The second-order valence-electron chi connectivity index (χ2n) is 9.07. The lowest BCUT2D eigenvalue weighted by Crippen LogP contribution is -2.35. The van der Waals surface area contributed by atoms with Crippen LogP contribution >= 0.6 is 11.6 Å². The van der Waals surface area contributed by atoms with Gasteiger partial charge in [-0.3, -0.25) is 9.59 Å². The standard InChI is InChI=1S/C26H23ClN4O5S/c1-15-5-10-22-20(12-15)23(19-4-3-11-28-25(19)32)24(26(33)29-37(35,36)18-7-8-18)31(22)14-16-13-17(30(2)34)6-9-21(16)27/h3-6,9-13,18H,2,7-8,14H2,1H3,(H,28,32)(H,29,33). The summed E-state index contributed by atoms with van der Waals surface area (Å²) in [5.41, 5.74) is 2.33. The van der Waals surface area contributed by atoms with Gasteiger partial charge in [-0.15, -0.1) is 0 Å². The fraction of sp³-hybridized carbons (Fsp3) is 0.192. The van der Waals surface area contributed by atoms with Crippen LogP contribution in [0.3, 0.4) is 0 Å². The molecule has 1 saturated carbocycles. The number of carbonyl (C=O) groups is 1. The summed E-state index contributed by atoms with van der Waals surface area (Å²) in [6.45, 7) is 5.27. The van der Waals surface area contributed by atoms with Crippen molar-refractivity contribution in [2.24, 2.45) is 0 Å². The van der Waals surface area contributed by atoms with Gasteiger partial charge in [0.1, 0.15) is 12.4 Å². The van der Waals surface area contributed by atoms with Crippen LogP contribution in [-0.2, 0) is 16.6 Å². The highest BCUT2D eigenvalue weighted by molar-refractivity contribution is 7.91. The molecule has 0 spiro atoms. The lowest BCUT2D eigenvalue weighted by atomic mass is 10.0. The number of sulfonamides is 1. The number of rotatable bonds is 7. The summed E-state index contributed by atoms with van der Waals surface area (Å²) in [6, 6.07) is 13.3. The number of fused-ring (bicyclic) bond motifs is 1. The van der Waals surface area contributed by atoms with Crippen molar-refractivity contribution in [3.05, 3.63) is 92.1 Å². The molecule has 1 amide bonds. The molecule has 0 saturated heterocycles. The predicted molar refractivity (Wildman–Crippen MR) is 143 cm³/mol. The van der Waals surface area contributed by atoms with Gasteiger partial charge in [0.05, 0.1) is 11.8 Å². The zero-order valence-corrected chi connectivity index (χ0v) is 21.4. The first kappa shape index (κ1) is 24.8. The number of aromatic amines is 1. The second kappa shape index (κ2) is 9.20. The first-order valence-electron chi connectivity index (χ1n) is 11.5. The third-order valence-electron chi connectivity index (χ3n) is 6.37. The molecular weight excluding hydrogens is 516 g/mol. The molecule has 4 aromatic rings. The number of amides is 1. The molecule has 2 aromatic carbocycles. The van der Waals surface area contributed by atoms with Crippen LogP contribution < -0.4 is 10.3 Å². The summed E-state index contributed by atoms with van der Waals surface area (Å²) >= 11 is 6.46. The van der Waals surface area contributed by atoms with Crippen molar-refractivity contribution in [1.82, 2.24) is 14.3 Å². The van der Waals surface area contributed by atoms with Gasteiger partial charge in [0, 0.05) is 45.4 Å². The first-order valence-corrected chi connectivity index (χ1v) is 13.4. The number of aromatic nitrogens is 2. The Kier molecular flexibility index (Phi) is 6.17. The molecule has 5 rings (SSSR count). The molecule has 2 aromatic heterocycles. The van der Waals surface area contributed by atoms with Crippen molar-refractivity contribution in [3.8, 4) is 11.1 Å². The van der Waals surface area contributed by atoms with E-state index in [4.69, 9.17) is 11.6 Å². The van der Waals surface area contributed by atoms with E-state index < -0.39 is 26.7 Å². The fourth-order valence-corrected chi connectivity index (χ4v) is 5.86. The topological polar surface area (TPSA) is 127 Å². The Hall–Kier alpha value is -3.89. The van der Waals surface area contributed by atoms with E-state index in [0.717, 1.165) is 5.56 Å². The molecule has 0 aliphatic heterocycles. The average molecular weight is 539 g/mol. The minimum Gasteiger partial charge on any atom is -0.619 e. The molecule has 2 N–H and O–H groups in total. The Labute approximate surface area is 217 Å². The summed E-state index contributed by atoms with van der Waals surface area (Å²) in [4.78, 5) is 29.2. The summed E-state index contributed by atoms with van der Waals surface area (Å²) in [7, 11) is -3.89. The minimum absolute atomic E-state index is 0.00315. The molecule has 9 nitrogen and oxygen atoms in total. The second-order valence-corrected chi connectivity index (χ2v) is 11.4. The third kappa shape index (κ3) is 4.65. The minimum atomic E-state index is -3.89. The van der Waals surface area contributed by atoms with Crippen LogP contribution in [0.4, 0.5) is 5.69 Å². The van der Waals surface area contributed by atoms with Gasteiger partial charge in [0.15, 0.2) is 0 Å². The van der Waals surface area contributed by atoms with Gasteiger partial charge in [-0.05, 0) is 55.7 Å². The number of benzene rings is 2. The molecule has 37 heavy (non-hydrogen) atoms. The monoisotopic (exact) mass is 538 g/mol. The summed E-state index contributed by atoms with van der Waals surface area (Å²) in [5, 5.41) is 12.1. The Morgan fingerprint density at radius 1 is 1.24 bits per heavy atom. The summed E-state index contributed by atoms with van der Waals surface area (Å²) in [5.74, 6) is -0.853. The van der Waals surface area contributed by atoms with Crippen LogP contribution in [0.15, 0.2) is 59.5 Å². The number of nitrogens with one attached hydrogen (secondary N) is 2. The molecule has 0 bridgehead atoms. The van der Waals surface area contributed by atoms with Crippen molar-refractivity contribution in [3.63, 3.8) is 0 Å². The van der Waals surface area contributed by atoms with Crippen molar-refractivity contribution in [2.75, 3.05) is 0 Å². The lowest BCUT2D eigenvalue weighted by molar-refractivity contribution is -0.349. The van der Waals surface area contributed by atoms with Crippen molar-refractivity contribution in [1.29, 1.82) is 0 Å². The number of hydrogen-bond acceptors (Lipinski definition) is 5. The summed E-state index contributed by atoms with van der Waals surface area (Å²) in [6.07, 6.45) is 2.44. The van der Waals surface area contributed by atoms with Crippen LogP contribution in [0.5, 0.6) is 0 Å². The van der Waals surface area contributed by atoms with Crippen LogP contribution in [-0.4, -0.2) is 40.6 Å². The van der Waals surface area contributed by atoms with Gasteiger partial charge in [0.2, 0.25) is 15.7 Å². The van der Waals surface area contributed by atoms with Gasteiger partial charge in [-0.2, -0.15) is 4.74 Å².